The van der Waals surface area contributed by atoms with Crippen LogP contribution in [0.15, 0.2) is 195 Å². The van der Waals surface area contributed by atoms with Crippen LogP contribution in [0.4, 0.5) is 17.1 Å². The third-order valence-electron chi connectivity index (χ3n) is 10.3. The van der Waals surface area contributed by atoms with Crippen molar-refractivity contribution in [3.05, 3.63) is 182 Å². The second-order valence-electron chi connectivity index (χ2n) is 13.5. The van der Waals surface area contributed by atoms with Gasteiger partial charge in [0.05, 0.1) is 16.8 Å². The molecule has 254 valence electrons. The molecule has 0 aliphatic heterocycles. The summed E-state index contributed by atoms with van der Waals surface area (Å²) in [6.07, 6.45) is 0. The Morgan fingerprint density at radius 2 is 0.944 bits per heavy atom. The summed E-state index contributed by atoms with van der Waals surface area (Å²) in [4.78, 5) is 7.38. The molecule has 0 N–H and O–H groups in total. The van der Waals surface area contributed by atoms with Gasteiger partial charge < -0.3 is 18.2 Å². The maximum atomic E-state index is 6.81. The van der Waals surface area contributed by atoms with E-state index in [2.05, 4.69) is 120 Å². The molecule has 0 unspecified atom stereocenters. The maximum Gasteiger partial charge on any atom is 0.227 e. The number of rotatable bonds is 6. The molecular weight excluding hydrogens is 665 g/mol. The smallest absolute Gasteiger partial charge is 0.227 e. The van der Waals surface area contributed by atoms with Crippen molar-refractivity contribution in [2.75, 3.05) is 4.90 Å². The van der Waals surface area contributed by atoms with Gasteiger partial charge in [0.15, 0.2) is 5.58 Å². The van der Waals surface area contributed by atoms with E-state index in [1.165, 1.54) is 16.7 Å². The van der Waals surface area contributed by atoms with Gasteiger partial charge in [0.25, 0.3) is 0 Å². The number of hydrogen-bond donors (Lipinski definition) is 0. The number of fused-ring (bicyclic) bond motifs is 8. The number of aromatic nitrogens is 1. The van der Waals surface area contributed by atoms with Crippen molar-refractivity contribution in [3.63, 3.8) is 0 Å². The SMILES string of the molecule is c1ccc(-c2nc3c(o2)c(N(c2ccc(-c4ccccc4-c4ccccc4)cc2)c2ccc4c(c2)oc2ccccc24)cc2oc4ccccc4c23)cc1. The van der Waals surface area contributed by atoms with Gasteiger partial charge in [-0.05, 0) is 70.8 Å². The Morgan fingerprint density at radius 3 is 1.69 bits per heavy atom. The molecule has 3 aromatic heterocycles. The summed E-state index contributed by atoms with van der Waals surface area (Å²) < 4.78 is 19.8. The van der Waals surface area contributed by atoms with Crippen LogP contribution in [0.3, 0.4) is 0 Å². The molecule has 0 aliphatic rings. The molecule has 0 spiro atoms. The lowest BCUT2D eigenvalue weighted by Gasteiger charge is -2.25. The van der Waals surface area contributed by atoms with E-state index < -0.39 is 0 Å². The van der Waals surface area contributed by atoms with Crippen molar-refractivity contribution in [1.29, 1.82) is 0 Å². The Labute approximate surface area is 309 Å². The van der Waals surface area contributed by atoms with Crippen molar-refractivity contribution < 1.29 is 13.3 Å². The maximum absolute atomic E-state index is 6.81. The van der Waals surface area contributed by atoms with Crippen LogP contribution in [0.25, 0.3) is 88.7 Å². The molecule has 3 heterocycles. The lowest BCUT2D eigenvalue weighted by molar-refractivity contribution is 0.619. The zero-order valence-electron chi connectivity index (χ0n) is 28.9. The number of benzene rings is 8. The van der Waals surface area contributed by atoms with Crippen molar-refractivity contribution in [3.8, 4) is 33.7 Å². The Hall–Kier alpha value is -7.37. The van der Waals surface area contributed by atoms with Gasteiger partial charge in [0.2, 0.25) is 5.89 Å². The van der Waals surface area contributed by atoms with Crippen LogP contribution in [-0.4, -0.2) is 4.98 Å². The highest BCUT2D eigenvalue weighted by molar-refractivity contribution is 6.20. The average molecular weight is 695 g/mol. The van der Waals surface area contributed by atoms with E-state index in [1.807, 2.05) is 66.7 Å². The van der Waals surface area contributed by atoms with Crippen LogP contribution < -0.4 is 4.90 Å². The molecule has 0 amide bonds. The van der Waals surface area contributed by atoms with Gasteiger partial charge >= 0.3 is 0 Å². The summed E-state index contributed by atoms with van der Waals surface area (Å²) in [5.41, 5.74) is 12.8. The predicted molar refractivity (Wildman–Crippen MR) is 220 cm³/mol. The van der Waals surface area contributed by atoms with E-state index >= 15 is 0 Å². The van der Waals surface area contributed by atoms with Crippen molar-refractivity contribution in [1.82, 2.24) is 4.98 Å². The Balaban J connectivity index is 1.16. The van der Waals surface area contributed by atoms with Gasteiger partial charge in [-0.2, -0.15) is 0 Å². The van der Waals surface area contributed by atoms with E-state index in [0.717, 1.165) is 77.6 Å². The second kappa shape index (κ2) is 12.1. The lowest BCUT2D eigenvalue weighted by atomic mass is 9.94. The van der Waals surface area contributed by atoms with E-state index in [1.54, 1.807) is 0 Å². The lowest BCUT2D eigenvalue weighted by Crippen LogP contribution is -2.10. The minimum Gasteiger partial charge on any atom is -0.456 e. The largest absolute Gasteiger partial charge is 0.456 e. The highest BCUT2D eigenvalue weighted by atomic mass is 16.4. The van der Waals surface area contributed by atoms with Gasteiger partial charge in [0.1, 0.15) is 27.8 Å². The Morgan fingerprint density at radius 1 is 0.389 bits per heavy atom. The zero-order valence-corrected chi connectivity index (χ0v) is 28.9. The quantitative estimate of drug-likeness (QED) is 0.173. The van der Waals surface area contributed by atoms with Crippen LogP contribution >= 0.6 is 0 Å². The third-order valence-corrected chi connectivity index (χ3v) is 10.3. The molecule has 11 aromatic rings. The molecule has 0 aliphatic carbocycles. The van der Waals surface area contributed by atoms with Gasteiger partial charge in [-0.3, -0.25) is 0 Å². The van der Waals surface area contributed by atoms with Gasteiger partial charge in [0, 0.05) is 39.5 Å². The van der Waals surface area contributed by atoms with E-state index in [4.69, 9.17) is 18.2 Å². The number of anilines is 3. The molecule has 0 fully saturated rings. The number of para-hydroxylation sites is 2. The minimum absolute atomic E-state index is 0.546. The molecule has 5 heteroatoms. The molecule has 0 atom stereocenters. The third kappa shape index (κ3) is 4.83. The zero-order chi connectivity index (χ0) is 35.6. The fourth-order valence-corrected chi connectivity index (χ4v) is 7.81. The number of nitrogens with zero attached hydrogens (tertiary/aromatic N) is 2. The van der Waals surface area contributed by atoms with E-state index in [9.17, 15) is 0 Å². The Bertz CT molecular complexity index is 3160. The minimum atomic E-state index is 0.546. The molecule has 5 nitrogen and oxygen atoms in total. The summed E-state index contributed by atoms with van der Waals surface area (Å²) in [5, 5.41) is 4.07. The molecular formula is C49H30N2O3. The second-order valence-corrected chi connectivity index (χ2v) is 13.5. The summed E-state index contributed by atoms with van der Waals surface area (Å²) in [6.45, 7) is 0. The Kier molecular flexibility index (Phi) is 6.79. The highest BCUT2D eigenvalue weighted by Gasteiger charge is 2.26. The van der Waals surface area contributed by atoms with E-state index in [0.29, 0.717) is 11.5 Å². The van der Waals surface area contributed by atoms with Crippen LogP contribution in [-0.2, 0) is 0 Å². The standard InChI is InChI=1S/C49H30N2O3/c1-3-13-31(14-4-1)36-17-7-8-18-37(36)32-23-25-34(26-24-32)51(35-27-28-39-38-19-9-11-21-42(38)52-44(39)29-35)41-30-45-46(40-20-10-12-22-43(40)53-45)47-48(41)54-49(50-47)33-15-5-2-6-16-33/h1-30H. The molecule has 54 heavy (non-hydrogen) atoms. The monoisotopic (exact) mass is 694 g/mol. The molecule has 0 saturated heterocycles. The van der Waals surface area contributed by atoms with Crippen LogP contribution in [0, 0.1) is 0 Å². The fraction of sp³-hybridized carbons (Fsp3) is 0. The first-order valence-electron chi connectivity index (χ1n) is 18.0. The highest BCUT2D eigenvalue weighted by Crippen LogP contribution is 2.47. The van der Waals surface area contributed by atoms with Crippen LogP contribution in [0.5, 0.6) is 0 Å². The number of oxazole rings is 1. The van der Waals surface area contributed by atoms with Crippen molar-refractivity contribution >= 4 is 72.0 Å². The first-order valence-corrected chi connectivity index (χ1v) is 18.0. The molecule has 8 aromatic carbocycles. The fourth-order valence-electron chi connectivity index (χ4n) is 7.81. The molecule has 0 bridgehead atoms. The molecule has 0 saturated carbocycles. The van der Waals surface area contributed by atoms with Crippen LogP contribution in [0.2, 0.25) is 0 Å². The predicted octanol–water partition coefficient (Wildman–Crippen LogP) is 14.1. The van der Waals surface area contributed by atoms with Gasteiger partial charge in [-0.15, -0.1) is 0 Å². The van der Waals surface area contributed by atoms with Crippen molar-refractivity contribution in [2.24, 2.45) is 0 Å². The summed E-state index contributed by atoms with van der Waals surface area (Å²) in [6, 6.07) is 62.6. The van der Waals surface area contributed by atoms with E-state index in [-0.39, 0.29) is 0 Å². The van der Waals surface area contributed by atoms with Gasteiger partial charge in [-0.1, -0.05) is 121 Å². The molecule has 11 rings (SSSR count). The number of hydrogen-bond acceptors (Lipinski definition) is 5. The summed E-state index contributed by atoms with van der Waals surface area (Å²) >= 11 is 0. The summed E-state index contributed by atoms with van der Waals surface area (Å²) in [7, 11) is 0. The van der Waals surface area contributed by atoms with Gasteiger partial charge in [-0.25, -0.2) is 4.98 Å². The first kappa shape index (κ1) is 30.3. The van der Waals surface area contributed by atoms with Crippen molar-refractivity contribution in [2.45, 2.75) is 0 Å². The first-order chi connectivity index (χ1) is 26.8. The topological polar surface area (TPSA) is 55.6 Å². The normalized spacial score (nSPS) is 11.7. The number of furan rings is 2. The average Bonchev–Trinajstić information content (AvgIpc) is 3.95. The summed E-state index contributed by atoms with van der Waals surface area (Å²) in [5.74, 6) is 0.546. The van der Waals surface area contributed by atoms with Crippen LogP contribution in [0.1, 0.15) is 0 Å². The molecule has 0 radical (unpaired) electrons.